The molecule has 114 valence electrons. The molecule has 1 aromatic carbocycles. The number of halogens is 3. The van der Waals surface area contributed by atoms with Gasteiger partial charge in [0.15, 0.2) is 11.6 Å². The summed E-state index contributed by atoms with van der Waals surface area (Å²) in [7, 11) is 1.71. The van der Waals surface area contributed by atoms with E-state index in [4.69, 9.17) is 5.73 Å². The second-order valence-electron chi connectivity index (χ2n) is 4.43. The summed E-state index contributed by atoms with van der Waals surface area (Å²) in [6.45, 7) is -0.786. The average Bonchev–Trinajstić information content (AvgIpc) is 2.77. The molecule has 0 radical (unpaired) electrons. The SMILES string of the molecule is Cc1nc(CN(C)c2cc(OC(F)F)c(F)cc2N)cs1. The van der Waals surface area contributed by atoms with Gasteiger partial charge in [0.05, 0.1) is 28.6 Å². The Morgan fingerprint density at radius 3 is 2.71 bits per heavy atom. The van der Waals surface area contributed by atoms with Crippen molar-refractivity contribution in [2.45, 2.75) is 20.1 Å². The molecule has 1 aromatic heterocycles. The zero-order valence-corrected chi connectivity index (χ0v) is 12.3. The highest BCUT2D eigenvalue weighted by atomic mass is 32.1. The first-order chi connectivity index (χ1) is 9.86. The predicted octanol–water partition coefficient (Wildman–Crippen LogP) is 3.41. The normalized spacial score (nSPS) is 11.0. The molecule has 0 saturated carbocycles. The first kappa shape index (κ1) is 15.4. The number of aromatic nitrogens is 1. The molecule has 0 saturated heterocycles. The molecule has 0 unspecified atom stereocenters. The quantitative estimate of drug-likeness (QED) is 0.859. The van der Waals surface area contributed by atoms with Crippen LogP contribution in [0.5, 0.6) is 5.75 Å². The molecule has 2 rings (SSSR count). The summed E-state index contributed by atoms with van der Waals surface area (Å²) in [6, 6.07) is 2.13. The smallest absolute Gasteiger partial charge is 0.387 e. The van der Waals surface area contributed by atoms with Gasteiger partial charge in [-0.1, -0.05) is 0 Å². The van der Waals surface area contributed by atoms with Crippen LogP contribution in [0, 0.1) is 12.7 Å². The van der Waals surface area contributed by atoms with E-state index in [0.29, 0.717) is 12.2 Å². The minimum atomic E-state index is -3.09. The number of rotatable bonds is 5. The number of nitrogens with two attached hydrogens (primary N) is 1. The maximum atomic E-state index is 13.5. The van der Waals surface area contributed by atoms with Crippen molar-refractivity contribution in [2.24, 2.45) is 0 Å². The lowest BCUT2D eigenvalue weighted by molar-refractivity contribution is -0.0521. The van der Waals surface area contributed by atoms with Crippen LogP contribution in [0.15, 0.2) is 17.5 Å². The van der Waals surface area contributed by atoms with E-state index in [0.717, 1.165) is 22.8 Å². The Hall–Kier alpha value is -1.96. The number of benzene rings is 1. The fourth-order valence-electron chi connectivity index (χ4n) is 1.88. The number of hydrogen-bond acceptors (Lipinski definition) is 5. The largest absolute Gasteiger partial charge is 0.432 e. The minimum Gasteiger partial charge on any atom is -0.432 e. The second kappa shape index (κ2) is 6.21. The van der Waals surface area contributed by atoms with Crippen LogP contribution < -0.4 is 15.4 Å². The number of thiazole rings is 1. The van der Waals surface area contributed by atoms with Crippen LogP contribution in [0.3, 0.4) is 0 Å². The Morgan fingerprint density at radius 1 is 1.43 bits per heavy atom. The van der Waals surface area contributed by atoms with Gasteiger partial charge in [0.2, 0.25) is 0 Å². The van der Waals surface area contributed by atoms with Crippen molar-refractivity contribution in [3.8, 4) is 5.75 Å². The Morgan fingerprint density at radius 2 is 2.14 bits per heavy atom. The Kier molecular flexibility index (Phi) is 4.56. The fourth-order valence-corrected chi connectivity index (χ4v) is 2.49. The summed E-state index contributed by atoms with van der Waals surface area (Å²) in [4.78, 5) is 6.00. The molecule has 0 atom stereocenters. The van der Waals surface area contributed by atoms with Gasteiger partial charge in [-0.2, -0.15) is 8.78 Å². The third kappa shape index (κ3) is 3.78. The molecule has 2 aromatic rings. The van der Waals surface area contributed by atoms with Crippen molar-refractivity contribution in [1.29, 1.82) is 0 Å². The molecule has 1 heterocycles. The molecule has 2 N–H and O–H groups in total. The number of nitrogens with zero attached hydrogens (tertiary/aromatic N) is 2. The molecule has 0 bridgehead atoms. The van der Waals surface area contributed by atoms with Gasteiger partial charge < -0.3 is 15.4 Å². The molecule has 0 aliphatic carbocycles. The molecule has 4 nitrogen and oxygen atoms in total. The Balaban J connectivity index is 2.25. The second-order valence-corrected chi connectivity index (χ2v) is 5.50. The number of ether oxygens (including phenoxy) is 1. The van der Waals surface area contributed by atoms with E-state index in [1.54, 1.807) is 11.9 Å². The molecule has 0 spiro atoms. The third-order valence-electron chi connectivity index (χ3n) is 2.77. The maximum absolute atomic E-state index is 13.5. The van der Waals surface area contributed by atoms with E-state index in [-0.39, 0.29) is 5.69 Å². The Labute approximate surface area is 124 Å². The first-order valence-electron chi connectivity index (χ1n) is 6.02. The van der Waals surface area contributed by atoms with Gasteiger partial charge in [-0.25, -0.2) is 9.37 Å². The number of alkyl halides is 2. The highest BCUT2D eigenvalue weighted by Gasteiger charge is 2.16. The summed E-state index contributed by atoms with van der Waals surface area (Å²) in [6.07, 6.45) is 0. The topological polar surface area (TPSA) is 51.4 Å². The van der Waals surface area contributed by atoms with Gasteiger partial charge in [-0.15, -0.1) is 11.3 Å². The van der Waals surface area contributed by atoms with E-state index in [1.807, 2.05) is 12.3 Å². The van der Waals surface area contributed by atoms with Crippen molar-refractivity contribution in [2.75, 3.05) is 17.7 Å². The summed E-state index contributed by atoms with van der Waals surface area (Å²) in [5.41, 5.74) is 7.10. The van der Waals surface area contributed by atoms with Crippen LogP contribution >= 0.6 is 11.3 Å². The summed E-state index contributed by atoms with van der Waals surface area (Å²) >= 11 is 1.51. The molecular formula is C13H14F3N3OS. The van der Waals surface area contributed by atoms with E-state index in [2.05, 4.69) is 9.72 Å². The Bertz CT molecular complexity index is 633. The molecule has 0 aliphatic rings. The van der Waals surface area contributed by atoms with Gasteiger partial charge in [-0.05, 0) is 6.92 Å². The zero-order chi connectivity index (χ0) is 15.6. The minimum absolute atomic E-state index is 0.142. The van der Waals surface area contributed by atoms with Crippen LogP contribution in [0.25, 0.3) is 0 Å². The summed E-state index contributed by atoms with van der Waals surface area (Å²) < 4.78 is 42.1. The van der Waals surface area contributed by atoms with Crippen LogP contribution in [0.2, 0.25) is 0 Å². The van der Waals surface area contributed by atoms with Crippen molar-refractivity contribution in [3.05, 3.63) is 34.0 Å². The predicted molar refractivity (Wildman–Crippen MR) is 76.4 cm³/mol. The van der Waals surface area contributed by atoms with E-state index >= 15 is 0 Å². The van der Waals surface area contributed by atoms with Crippen molar-refractivity contribution in [3.63, 3.8) is 0 Å². The molecule has 0 amide bonds. The number of aryl methyl sites for hydroxylation is 1. The van der Waals surface area contributed by atoms with Crippen LogP contribution in [0.1, 0.15) is 10.7 Å². The average molecular weight is 317 g/mol. The maximum Gasteiger partial charge on any atom is 0.387 e. The monoisotopic (exact) mass is 317 g/mol. The van der Waals surface area contributed by atoms with Gasteiger partial charge in [0.25, 0.3) is 0 Å². The molecule has 0 fully saturated rings. The molecular weight excluding hydrogens is 303 g/mol. The number of nitrogen functional groups attached to an aromatic ring is 1. The standard InChI is InChI=1S/C13H14F3N3OS/c1-7-18-8(6-21-7)5-19(2)11-4-12(20-13(15)16)9(14)3-10(11)17/h3-4,6,13H,5,17H2,1-2H3. The van der Waals surface area contributed by atoms with Gasteiger partial charge in [-0.3, -0.25) is 0 Å². The van der Waals surface area contributed by atoms with Crippen molar-refractivity contribution in [1.82, 2.24) is 4.98 Å². The first-order valence-corrected chi connectivity index (χ1v) is 6.90. The van der Waals surface area contributed by atoms with Crippen LogP contribution in [-0.4, -0.2) is 18.6 Å². The van der Waals surface area contributed by atoms with Crippen LogP contribution in [0.4, 0.5) is 24.5 Å². The van der Waals surface area contributed by atoms with Crippen molar-refractivity contribution < 1.29 is 17.9 Å². The highest BCUT2D eigenvalue weighted by molar-refractivity contribution is 7.09. The number of hydrogen-bond donors (Lipinski definition) is 1. The highest BCUT2D eigenvalue weighted by Crippen LogP contribution is 2.32. The number of anilines is 2. The van der Waals surface area contributed by atoms with Gasteiger partial charge >= 0.3 is 6.61 Å². The van der Waals surface area contributed by atoms with E-state index < -0.39 is 18.2 Å². The fraction of sp³-hybridized carbons (Fsp3) is 0.308. The lowest BCUT2D eigenvalue weighted by atomic mass is 10.2. The third-order valence-corrected chi connectivity index (χ3v) is 3.60. The van der Waals surface area contributed by atoms with Gasteiger partial charge in [0.1, 0.15) is 0 Å². The molecule has 8 heteroatoms. The molecule has 0 aliphatic heterocycles. The van der Waals surface area contributed by atoms with Crippen molar-refractivity contribution >= 4 is 22.7 Å². The van der Waals surface area contributed by atoms with E-state index in [1.165, 1.54) is 11.3 Å². The lowest BCUT2D eigenvalue weighted by Gasteiger charge is -2.21. The van der Waals surface area contributed by atoms with E-state index in [9.17, 15) is 13.2 Å². The van der Waals surface area contributed by atoms with Gasteiger partial charge in [0, 0.05) is 24.6 Å². The zero-order valence-electron chi connectivity index (χ0n) is 11.4. The lowest BCUT2D eigenvalue weighted by Crippen LogP contribution is -2.18. The summed E-state index contributed by atoms with van der Waals surface area (Å²) in [5, 5.41) is 2.81. The van der Waals surface area contributed by atoms with Crippen LogP contribution in [-0.2, 0) is 6.54 Å². The summed E-state index contributed by atoms with van der Waals surface area (Å²) in [5.74, 6) is -1.45. The molecule has 21 heavy (non-hydrogen) atoms.